The lowest BCUT2D eigenvalue weighted by atomic mass is 9.85. The molecular weight excluding hydrogens is 412 g/mol. The van der Waals surface area contributed by atoms with E-state index in [0.717, 1.165) is 28.1 Å². The first-order valence-corrected chi connectivity index (χ1v) is 11.2. The number of hydrogen-bond donors (Lipinski definition) is 1. The molecular formula is C28H38N2O3. The fourth-order valence-electron chi connectivity index (χ4n) is 3.83. The van der Waals surface area contributed by atoms with Gasteiger partial charge in [0.1, 0.15) is 23.7 Å². The van der Waals surface area contributed by atoms with E-state index in [2.05, 4.69) is 39.2 Å². The maximum atomic E-state index is 13.4. The normalized spacial score (nSPS) is 12.9. The number of nitrogens with one attached hydrogen (secondary N) is 1. The van der Waals surface area contributed by atoms with Crippen LogP contribution in [0.5, 0.6) is 5.75 Å². The van der Waals surface area contributed by atoms with Crippen LogP contribution in [-0.4, -0.2) is 43.7 Å². The molecule has 2 rings (SSSR count). The monoisotopic (exact) mass is 450 g/mol. The summed E-state index contributed by atoms with van der Waals surface area (Å²) in [6.45, 7) is 18.6. The summed E-state index contributed by atoms with van der Waals surface area (Å²) in [4.78, 5) is 15.1. The molecule has 2 unspecified atom stereocenters. The van der Waals surface area contributed by atoms with E-state index in [4.69, 9.17) is 9.47 Å². The standard InChI is InChI=1S/C28H38N2O3/c1-10-23-20(3)25(32-9)17-16-24(23)21(4)33-19(2)18-30(8)27(31)26(28(5,6)7)29-22-14-12-11-13-15-22/h10-17,19,26,29H,1,4,18H2,2-3,5-9H3. The third-order valence-corrected chi connectivity index (χ3v) is 5.64. The summed E-state index contributed by atoms with van der Waals surface area (Å²) in [6, 6.07) is 13.2. The molecule has 1 N–H and O–H groups in total. The lowest BCUT2D eigenvalue weighted by Crippen LogP contribution is -2.49. The van der Waals surface area contributed by atoms with Crippen molar-refractivity contribution >= 4 is 23.4 Å². The minimum absolute atomic E-state index is 0.0134. The van der Waals surface area contributed by atoms with E-state index in [1.54, 1.807) is 18.1 Å². The average molecular weight is 451 g/mol. The molecule has 5 heteroatoms. The van der Waals surface area contributed by atoms with Crippen molar-refractivity contribution in [2.24, 2.45) is 5.41 Å². The zero-order valence-electron chi connectivity index (χ0n) is 21.1. The Hall–Kier alpha value is -3.21. The number of hydrogen-bond acceptors (Lipinski definition) is 4. The number of nitrogens with zero attached hydrogens (tertiary/aromatic N) is 1. The van der Waals surface area contributed by atoms with Crippen molar-refractivity contribution < 1.29 is 14.3 Å². The molecule has 2 aromatic rings. The molecule has 0 saturated carbocycles. The molecule has 0 aliphatic rings. The van der Waals surface area contributed by atoms with Gasteiger partial charge in [-0.15, -0.1) is 0 Å². The quantitative estimate of drug-likeness (QED) is 0.451. The molecule has 1 amide bonds. The SMILES string of the molecule is C=Cc1c(C(=C)OC(C)CN(C)C(=O)C(Nc2ccccc2)C(C)(C)C)ccc(OC)c1C. The second kappa shape index (κ2) is 11.1. The highest BCUT2D eigenvalue weighted by Gasteiger charge is 2.34. The minimum atomic E-state index is -0.378. The summed E-state index contributed by atoms with van der Waals surface area (Å²) >= 11 is 0. The van der Waals surface area contributed by atoms with Crippen molar-refractivity contribution in [3.05, 3.63) is 72.3 Å². The van der Waals surface area contributed by atoms with Crippen LogP contribution in [0.25, 0.3) is 11.8 Å². The smallest absolute Gasteiger partial charge is 0.245 e. The highest BCUT2D eigenvalue weighted by molar-refractivity contribution is 5.85. The Morgan fingerprint density at radius 1 is 1.18 bits per heavy atom. The van der Waals surface area contributed by atoms with E-state index in [0.29, 0.717) is 12.3 Å². The summed E-state index contributed by atoms with van der Waals surface area (Å²) in [5.74, 6) is 1.34. The fourth-order valence-corrected chi connectivity index (χ4v) is 3.83. The molecule has 0 fully saturated rings. The molecule has 5 nitrogen and oxygen atoms in total. The van der Waals surface area contributed by atoms with Crippen LogP contribution in [0.2, 0.25) is 0 Å². The van der Waals surface area contributed by atoms with Crippen LogP contribution in [-0.2, 0) is 9.53 Å². The van der Waals surface area contributed by atoms with Gasteiger partial charge in [-0.05, 0) is 54.7 Å². The third-order valence-electron chi connectivity index (χ3n) is 5.64. The Morgan fingerprint density at radius 2 is 1.82 bits per heavy atom. The van der Waals surface area contributed by atoms with Crippen LogP contribution in [0.4, 0.5) is 5.69 Å². The van der Waals surface area contributed by atoms with Crippen LogP contribution in [0.15, 0.2) is 55.6 Å². The van der Waals surface area contributed by atoms with Gasteiger partial charge in [-0.1, -0.05) is 58.2 Å². The van der Waals surface area contributed by atoms with Gasteiger partial charge < -0.3 is 19.7 Å². The summed E-state index contributed by atoms with van der Waals surface area (Å²) in [7, 11) is 3.45. The zero-order valence-corrected chi connectivity index (χ0v) is 21.1. The van der Waals surface area contributed by atoms with Gasteiger partial charge in [-0.2, -0.15) is 0 Å². The van der Waals surface area contributed by atoms with Crippen molar-refractivity contribution in [2.45, 2.75) is 46.8 Å². The van der Waals surface area contributed by atoms with Crippen LogP contribution in [0.3, 0.4) is 0 Å². The van der Waals surface area contributed by atoms with Gasteiger partial charge >= 0.3 is 0 Å². The molecule has 0 aromatic heterocycles. The predicted octanol–water partition coefficient (Wildman–Crippen LogP) is 6.01. The van der Waals surface area contributed by atoms with Gasteiger partial charge in [0.15, 0.2) is 0 Å². The number of ether oxygens (including phenoxy) is 2. The number of rotatable bonds is 10. The number of methoxy groups -OCH3 is 1. The Kier molecular flexibility index (Phi) is 8.75. The summed E-state index contributed by atoms with van der Waals surface area (Å²) in [6.07, 6.45) is 1.54. The molecule has 178 valence electrons. The van der Waals surface area contributed by atoms with E-state index < -0.39 is 0 Å². The second-order valence-corrected chi connectivity index (χ2v) is 9.44. The number of carbonyl (C=O) groups excluding carboxylic acids is 1. The van der Waals surface area contributed by atoms with Gasteiger partial charge in [0.05, 0.1) is 13.7 Å². The lowest BCUT2D eigenvalue weighted by Gasteiger charge is -2.35. The van der Waals surface area contributed by atoms with Crippen LogP contribution in [0.1, 0.15) is 44.4 Å². The minimum Gasteiger partial charge on any atom is -0.496 e. The summed E-state index contributed by atoms with van der Waals surface area (Å²) in [5, 5.41) is 3.40. The Morgan fingerprint density at radius 3 is 2.36 bits per heavy atom. The van der Waals surface area contributed by atoms with Gasteiger partial charge in [0.2, 0.25) is 5.91 Å². The van der Waals surface area contributed by atoms with Crippen molar-refractivity contribution in [3.8, 4) is 5.75 Å². The largest absolute Gasteiger partial charge is 0.496 e. The maximum Gasteiger partial charge on any atom is 0.245 e. The molecule has 0 aliphatic heterocycles. The fraction of sp³-hybridized carbons (Fsp3) is 0.393. The Bertz CT molecular complexity index is 977. The van der Waals surface area contributed by atoms with E-state index in [-0.39, 0.29) is 23.5 Å². The molecule has 33 heavy (non-hydrogen) atoms. The molecule has 0 heterocycles. The van der Waals surface area contributed by atoms with Crippen molar-refractivity contribution in [2.75, 3.05) is 26.0 Å². The van der Waals surface area contributed by atoms with E-state index in [1.807, 2.05) is 63.4 Å². The first-order chi connectivity index (χ1) is 15.5. The van der Waals surface area contributed by atoms with Crippen LogP contribution in [0, 0.1) is 12.3 Å². The van der Waals surface area contributed by atoms with Crippen molar-refractivity contribution in [1.29, 1.82) is 0 Å². The number of anilines is 1. The van der Waals surface area contributed by atoms with E-state index in [1.165, 1.54) is 0 Å². The number of para-hydroxylation sites is 1. The molecule has 2 aromatic carbocycles. The number of carbonyl (C=O) groups is 1. The van der Waals surface area contributed by atoms with Gasteiger partial charge in [0.25, 0.3) is 0 Å². The maximum absolute atomic E-state index is 13.4. The first-order valence-electron chi connectivity index (χ1n) is 11.2. The summed E-state index contributed by atoms with van der Waals surface area (Å²) in [5.41, 5.74) is 3.42. The van der Waals surface area contributed by atoms with E-state index in [9.17, 15) is 4.79 Å². The van der Waals surface area contributed by atoms with Gasteiger partial charge in [0, 0.05) is 18.3 Å². The third kappa shape index (κ3) is 6.64. The van der Waals surface area contributed by atoms with Crippen LogP contribution >= 0.6 is 0 Å². The second-order valence-electron chi connectivity index (χ2n) is 9.44. The highest BCUT2D eigenvalue weighted by Crippen LogP contribution is 2.30. The van der Waals surface area contributed by atoms with Crippen molar-refractivity contribution in [1.82, 2.24) is 4.90 Å². The highest BCUT2D eigenvalue weighted by atomic mass is 16.5. The molecule has 0 aliphatic carbocycles. The summed E-state index contributed by atoms with van der Waals surface area (Å²) < 4.78 is 11.5. The topological polar surface area (TPSA) is 50.8 Å². The average Bonchev–Trinajstić information content (AvgIpc) is 2.76. The zero-order chi connectivity index (χ0) is 24.8. The molecule has 2 atom stereocenters. The van der Waals surface area contributed by atoms with Gasteiger partial charge in [-0.3, -0.25) is 4.79 Å². The predicted molar refractivity (Wildman–Crippen MR) is 138 cm³/mol. The molecule has 0 bridgehead atoms. The van der Waals surface area contributed by atoms with E-state index >= 15 is 0 Å². The number of benzene rings is 2. The number of amides is 1. The number of likely N-dealkylation sites (N-methyl/N-ethyl adjacent to an activating group) is 1. The Labute approximate surface area is 199 Å². The first kappa shape index (κ1) is 26.0. The molecule has 0 spiro atoms. The lowest BCUT2D eigenvalue weighted by molar-refractivity contribution is -0.134. The Balaban J connectivity index is 2.10. The van der Waals surface area contributed by atoms with Crippen molar-refractivity contribution in [3.63, 3.8) is 0 Å². The molecule has 0 radical (unpaired) electrons. The molecule has 0 saturated heterocycles. The van der Waals surface area contributed by atoms with Crippen LogP contribution < -0.4 is 10.1 Å². The van der Waals surface area contributed by atoms with Gasteiger partial charge in [-0.25, -0.2) is 0 Å².